The standard InChI is InChI=1S/C42H42O6/c1-10-37(43)46-34-19-13-28(14-20-34)40(4,5)31-25-32(41(6,7)29-15-21-35(22-16-29)47-38(44)11-2)27-33(26-31)42(8,9)30-17-23-36(24-18-30)48-39(45)12-3/h10-27H,1-3H2,4-9H3. The molecule has 0 aromatic heterocycles. The molecule has 0 heterocycles. The Bertz CT molecular complexity index is 1610. The maximum absolute atomic E-state index is 11.7. The topological polar surface area (TPSA) is 78.9 Å². The molecule has 48 heavy (non-hydrogen) atoms. The fourth-order valence-electron chi connectivity index (χ4n) is 5.50. The minimum atomic E-state index is -0.511. The normalized spacial score (nSPS) is 11.6. The zero-order valence-corrected chi connectivity index (χ0v) is 28.5. The molecule has 4 rings (SSSR count). The van der Waals surface area contributed by atoms with Crippen molar-refractivity contribution in [2.24, 2.45) is 0 Å². The molecule has 0 radical (unpaired) electrons. The molecule has 0 spiro atoms. The summed E-state index contributed by atoms with van der Waals surface area (Å²) in [5.41, 5.74) is 5.10. The van der Waals surface area contributed by atoms with Gasteiger partial charge in [-0.2, -0.15) is 0 Å². The van der Waals surface area contributed by atoms with E-state index in [0.717, 1.165) is 51.6 Å². The van der Waals surface area contributed by atoms with Gasteiger partial charge in [0.05, 0.1) is 0 Å². The lowest BCUT2D eigenvalue weighted by atomic mass is 9.69. The van der Waals surface area contributed by atoms with E-state index in [1.54, 1.807) is 36.4 Å². The minimum absolute atomic E-state index is 0.441. The molecule has 6 heteroatoms. The summed E-state index contributed by atoms with van der Waals surface area (Å²) in [7, 11) is 0. The number of benzene rings is 4. The van der Waals surface area contributed by atoms with Crippen LogP contribution in [-0.4, -0.2) is 17.9 Å². The monoisotopic (exact) mass is 642 g/mol. The summed E-state index contributed by atoms with van der Waals surface area (Å²) in [5, 5.41) is 0. The van der Waals surface area contributed by atoms with E-state index in [2.05, 4.69) is 79.5 Å². The van der Waals surface area contributed by atoms with E-state index in [1.807, 2.05) is 36.4 Å². The average Bonchev–Trinajstić information content (AvgIpc) is 3.08. The second kappa shape index (κ2) is 14.1. The molecule has 246 valence electrons. The molecule has 6 nitrogen and oxygen atoms in total. The summed E-state index contributed by atoms with van der Waals surface area (Å²) in [5.74, 6) is -0.199. The third-order valence-electron chi connectivity index (χ3n) is 8.98. The minimum Gasteiger partial charge on any atom is -0.423 e. The van der Waals surface area contributed by atoms with Gasteiger partial charge in [-0.05, 0) is 69.8 Å². The van der Waals surface area contributed by atoms with Crippen LogP contribution in [0.5, 0.6) is 17.2 Å². The molecular weight excluding hydrogens is 600 g/mol. The molecule has 0 unspecified atom stereocenters. The first-order valence-corrected chi connectivity index (χ1v) is 15.6. The molecule has 0 saturated carbocycles. The van der Waals surface area contributed by atoms with Crippen LogP contribution in [0.25, 0.3) is 0 Å². The highest BCUT2D eigenvalue weighted by atomic mass is 16.5. The van der Waals surface area contributed by atoms with Gasteiger partial charge in [0.1, 0.15) is 17.2 Å². The first-order valence-electron chi connectivity index (χ1n) is 15.6. The van der Waals surface area contributed by atoms with Crippen molar-refractivity contribution in [1.82, 2.24) is 0 Å². The van der Waals surface area contributed by atoms with Gasteiger partial charge in [-0.25, -0.2) is 14.4 Å². The summed E-state index contributed by atoms with van der Waals surface area (Å²) in [6, 6.07) is 29.3. The molecule has 0 saturated heterocycles. The van der Waals surface area contributed by atoms with Crippen LogP contribution < -0.4 is 14.2 Å². The molecule has 0 bridgehead atoms. The Morgan fingerprint density at radius 2 is 0.625 bits per heavy atom. The van der Waals surface area contributed by atoms with Crippen LogP contribution in [0.3, 0.4) is 0 Å². The molecule has 4 aromatic carbocycles. The maximum Gasteiger partial charge on any atom is 0.335 e. The van der Waals surface area contributed by atoms with E-state index in [0.29, 0.717) is 17.2 Å². The number of rotatable bonds is 12. The molecule has 0 atom stereocenters. The third kappa shape index (κ3) is 7.72. The van der Waals surface area contributed by atoms with Gasteiger partial charge >= 0.3 is 17.9 Å². The second-order valence-corrected chi connectivity index (χ2v) is 13.1. The van der Waals surface area contributed by atoms with Crippen molar-refractivity contribution in [1.29, 1.82) is 0 Å². The van der Waals surface area contributed by atoms with Crippen molar-refractivity contribution < 1.29 is 28.6 Å². The van der Waals surface area contributed by atoms with Crippen molar-refractivity contribution in [3.8, 4) is 17.2 Å². The summed E-state index contributed by atoms with van der Waals surface area (Å²) in [6.07, 6.45) is 3.41. The van der Waals surface area contributed by atoms with Gasteiger partial charge in [0.25, 0.3) is 0 Å². The lowest BCUT2D eigenvalue weighted by molar-refractivity contribution is -0.129. The Morgan fingerprint density at radius 1 is 0.417 bits per heavy atom. The number of esters is 3. The predicted octanol–water partition coefficient (Wildman–Crippen LogP) is 8.94. The quantitative estimate of drug-likeness (QED) is 0.0872. The Balaban J connectivity index is 1.83. The molecule has 0 aliphatic carbocycles. The fraction of sp³-hybridized carbons (Fsp3) is 0.214. The van der Waals surface area contributed by atoms with Crippen molar-refractivity contribution in [2.75, 3.05) is 0 Å². The SMILES string of the molecule is C=CC(=O)Oc1ccc(C(C)(C)c2cc(C(C)(C)c3ccc(OC(=O)C=C)cc3)cc(C(C)(C)c3ccc(OC(=O)C=C)cc3)c2)cc1. The molecule has 0 N–H and O–H groups in total. The highest BCUT2D eigenvalue weighted by Gasteiger charge is 2.32. The van der Waals surface area contributed by atoms with Crippen LogP contribution in [0.2, 0.25) is 0 Å². The maximum atomic E-state index is 11.7. The van der Waals surface area contributed by atoms with Crippen LogP contribution in [0, 0.1) is 0 Å². The molecule has 0 aliphatic heterocycles. The zero-order chi connectivity index (χ0) is 35.3. The van der Waals surface area contributed by atoms with Crippen LogP contribution in [-0.2, 0) is 30.6 Å². The summed E-state index contributed by atoms with van der Waals surface area (Å²) in [6.45, 7) is 23.4. The predicted molar refractivity (Wildman–Crippen MR) is 190 cm³/mol. The first kappa shape index (κ1) is 35.4. The molecule has 0 fully saturated rings. The van der Waals surface area contributed by atoms with E-state index in [9.17, 15) is 14.4 Å². The third-order valence-corrected chi connectivity index (χ3v) is 8.98. The Morgan fingerprint density at radius 3 is 0.812 bits per heavy atom. The largest absolute Gasteiger partial charge is 0.423 e. The fourth-order valence-corrected chi connectivity index (χ4v) is 5.50. The zero-order valence-electron chi connectivity index (χ0n) is 28.5. The highest BCUT2D eigenvalue weighted by molar-refractivity contribution is 5.84. The van der Waals surface area contributed by atoms with E-state index in [4.69, 9.17) is 14.2 Å². The number of ether oxygens (including phenoxy) is 3. The van der Waals surface area contributed by atoms with E-state index >= 15 is 0 Å². The molecular formula is C42H42O6. The van der Waals surface area contributed by atoms with Gasteiger partial charge < -0.3 is 14.2 Å². The van der Waals surface area contributed by atoms with Gasteiger partial charge in [-0.3, -0.25) is 0 Å². The van der Waals surface area contributed by atoms with Crippen LogP contribution >= 0.6 is 0 Å². The lowest BCUT2D eigenvalue weighted by Gasteiger charge is -2.35. The molecule has 0 aliphatic rings. The van der Waals surface area contributed by atoms with Gasteiger partial charge in [0.2, 0.25) is 0 Å². The van der Waals surface area contributed by atoms with E-state index in [1.165, 1.54) is 0 Å². The molecule has 0 amide bonds. The van der Waals surface area contributed by atoms with Crippen LogP contribution in [0.4, 0.5) is 0 Å². The number of hydrogen-bond donors (Lipinski definition) is 0. The van der Waals surface area contributed by atoms with Crippen LogP contribution in [0.15, 0.2) is 129 Å². The number of carbonyl (C=O) groups excluding carboxylic acids is 3. The van der Waals surface area contributed by atoms with Gasteiger partial charge in [0.15, 0.2) is 0 Å². The molecule has 4 aromatic rings. The van der Waals surface area contributed by atoms with Crippen LogP contribution in [0.1, 0.15) is 74.9 Å². The summed E-state index contributed by atoms with van der Waals surface area (Å²) in [4.78, 5) is 35.2. The van der Waals surface area contributed by atoms with Crippen molar-refractivity contribution >= 4 is 17.9 Å². The van der Waals surface area contributed by atoms with Gasteiger partial charge in [-0.1, -0.05) is 116 Å². The summed E-state index contributed by atoms with van der Waals surface area (Å²) < 4.78 is 15.9. The van der Waals surface area contributed by atoms with Gasteiger partial charge in [-0.15, -0.1) is 0 Å². The van der Waals surface area contributed by atoms with E-state index in [-0.39, 0.29) is 0 Å². The average molecular weight is 643 g/mol. The Kier molecular flexibility index (Phi) is 10.4. The first-order chi connectivity index (χ1) is 22.6. The Hall–Kier alpha value is -5.49. The van der Waals surface area contributed by atoms with Gasteiger partial charge in [0, 0.05) is 34.5 Å². The highest BCUT2D eigenvalue weighted by Crippen LogP contribution is 2.42. The smallest absolute Gasteiger partial charge is 0.335 e. The number of hydrogen-bond acceptors (Lipinski definition) is 6. The van der Waals surface area contributed by atoms with Crippen molar-refractivity contribution in [2.45, 2.75) is 57.8 Å². The van der Waals surface area contributed by atoms with Crippen molar-refractivity contribution in [3.63, 3.8) is 0 Å². The van der Waals surface area contributed by atoms with E-state index < -0.39 is 34.2 Å². The lowest BCUT2D eigenvalue weighted by Crippen LogP contribution is -2.26. The summed E-state index contributed by atoms with van der Waals surface area (Å²) >= 11 is 0. The number of carbonyl (C=O) groups is 3. The second-order valence-electron chi connectivity index (χ2n) is 13.1. The Labute approximate surface area is 283 Å². The van der Waals surface area contributed by atoms with Crippen molar-refractivity contribution in [3.05, 3.63) is 162 Å².